The second-order valence-corrected chi connectivity index (χ2v) is 5.79. The molecule has 0 heterocycles. The zero-order chi connectivity index (χ0) is 18.3. The molecule has 0 aliphatic heterocycles. The Labute approximate surface area is 141 Å². The summed E-state index contributed by atoms with van der Waals surface area (Å²) in [5.74, 6) is -0.647. The highest BCUT2D eigenvalue weighted by molar-refractivity contribution is 5.83. The topological polar surface area (TPSA) is 105 Å². The van der Waals surface area contributed by atoms with E-state index in [9.17, 15) is 14.7 Å². The molecule has 1 aromatic rings. The van der Waals surface area contributed by atoms with Gasteiger partial charge in [0.25, 0.3) is 0 Å². The number of aliphatic hydroxyl groups is 1. The number of carbonyl (C=O) groups excluding carboxylic acids is 1. The third kappa shape index (κ3) is 5.42. The van der Waals surface area contributed by atoms with Crippen LogP contribution in [0.1, 0.15) is 38.4 Å². The molecule has 1 amide bonds. The van der Waals surface area contributed by atoms with Crippen LogP contribution in [0.15, 0.2) is 18.2 Å². The molecule has 1 aromatic carbocycles. The predicted octanol–water partition coefficient (Wildman–Crippen LogP) is 1.74. The van der Waals surface area contributed by atoms with Crippen LogP contribution in [0, 0.1) is 5.92 Å². The van der Waals surface area contributed by atoms with Crippen LogP contribution in [0.3, 0.4) is 0 Å². The van der Waals surface area contributed by atoms with Crippen LogP contribution in [-0.2, 0) is 9.59 Å². The molecule has 24 heavy (non-hydrogen) atoms. The number of nitrogens with one attached hydrogen (secondary N) is 1. The number of aliphatic carboxylic acids is 1. The highest BCUT2D eigenvalue weighted by atomic mass is 16.5. The van der Waals surface area contributed by atoms with Crippen molar-refractivity contribution in [3.8, 4) is 11.5 Å². The van der Waals surface area contributed by atoms with Gasteiger partial charge < -0.3 is 25.0 Å². The molecule has 7 heteroatoms. The summed E-state index contributed by atoms with van der Waals surface area (Å²) in [5, 5.41) is 21.8. The first-order valence-corrected chi connectivity index (χ1v) is 7.72. The van der Waals surface area contributed by atoms with Crippen molar-refractivity contribution in [1.82, 2.24) is 5.32 Å². The molecule has 0 bridgehead atoms. The maximum atomic E-state index is 11.9. The molecular formula is C17H25NO6. The number of carbonyl (C=O) groups is 2. The lowest BCUT2D eigenvalue weighted by atomic mass is 10.0. The highest BCUT2D eigenvalue weighted by Gasteiger charge is 2.24. The Morgan fingerprint density at radius 3 is 2.38 bits per heavy atom. The number of amides is 1. The number of methoxy groups -OCH3 is 2. The number of carboxylic acids is 1. The van der Waals surface area contributed by atoms with Gasteiger partial charge in [-0.25, -0.2) is 4.79 Å². The molecule has 3 N–H and O–H groups in total. The molecule has 1 rings (SSSR count). The van der Waals surface area contributed by atoms with Crippen LogP contribution in [0.2, 0.25) is 0 Å². The van der Waals surface area contributed by atoms with Gasteiger partial charge in [0.2, 0.25) is 5.91 Å². The van der Waals surface area contributed by atoms with Gasteiger partial charge in [0, 0.05) is 18.1 Å². The standard InChI is InChI=1S/C17H25NO6/c1-10(2)16(17(21)22)18-15(20)8-7-13(19)12-6-5-11(23-3)9-14(12)24-4/h5-6,9-10,13,16,19H,7-8H2,1-4H3,(H,18,20)(H,21,22). The summed E-state index contributed by atoms with van der Waals surface area (Å²) < 4.78 is 10.3. The Kier molecular flexibility index (Phi) is 7.51. The summed E-state index contributed by atoms with van der Waals surface area (Å²) in [5.41, 5.74) is 0.546. The Morgan fingerprint density at radius 1 is 1.21 bits per heavy atom. The number of rotatable bonds is 9. The van der Waals surface area contributed by atoms with Crippen LogP contribution >= 0.6 is 0 Å². The minimum absolute atomic E-state index is 0.00680. The van der Waals surface area contributed by atoms with Crippen LogP contribution in [0.25, 0.3) is 0 Å². The van der Waals surface area contributed by atoms with E-state index in [0.29, 0.717) is 17.1 Å². The second-order valence-electron chi connectivity index (χ2n) is 5.79. The van der Waals surface area contributed by atoms with Crippen LogP contribution in [0.4, 0.5) is 0 Å². The molecule has 0 aromatic heterocycles. The molecule has 0 fully saturated rings. The molecule has 0 aliphatic rings. The summed E-state index contributed by atoms with van der Waals surface area (Å²) in [6, 6.07) is 4.08. The van der Waals surface area contributed by atoms with Crippen LogP contribution < -0.4 is 14.8 Å². The lowest BCUT2D eigenvalue weighted by molar-refractivity contribution is -0.143. The molecule has 0 spiro atoms. The normalized spacial score (nSPS) is 13.2. The van der Waals surface area contributed by atoms with E-state index in [-0.39, 0.29) is 18.8 Å². The minimum Gasteiger partial charge on any atom is -0.497 e. The summed E-state index contributed by atoms with van der Waals surface area (Å²) in [4.78, 5) is 23.0. The molecule has 0 aliphatic carbocycles. The minimum atomic E-state index is -1.07. The van der Waals surface area contributed by atoms with Crippen LogP contribution in [0.5, 0.6) is 11.5 Å². The van der Waals surface area contributed by atoms with E-state index in [1.54, 1.807) is 32.0 Å². The van der Waals surface area contributed by atoms with E-state index < -0.39 is 24.0 Å². The van der Waals surface area contributed by atoms with Crippen LogP contribution in [-0.4, -0.2) is 42.4 Å². The summed E-state index contributed by atoms with van der Waals surface area (Å²) >= 11 is 0. The number of hydrogen-bond donors (Lipinski definition) is 3. The molecule has 2 unspecified atom stereocenters. The number of benzene rings is 1. The smallest absolute Gasteiger partial charge is 0.326 e. The molecule has 0 radical (unpaired) electrons. The van der Waals surface area contributed by atoms with Crippen molar-refractivity contribution >= 4 is 11.9 Å². The van der Waals surface area contributed by atoms with Crippen molar-refractivity contribution in [3.63, 3.8) is 0 Å². The first-order valence-electron chi connectivity index (χ1n) is 7.72. The van der Waals surface area contributed by atoms with Gasteiger partial charge in [-0.1, -0.05) is 13.8 Å². The van der Waals surface area contributed by atoms with Crippen molar-refractivity contribution in [3.05, 3.63) is 23.8 Å². The van der Waals surface area contributed by atoms with Gasteiger partial charge >= 0.3 is 5.97 Å². The maximum absolute atomic E-state index is 11.9. The Balaban J connectivity index is 2.67. The fraction of sp³-hybridized carbons (Fsp3) is 0.529. The lowest BCUT2D eigenvalue weighted by Crippen LogP contribution is -2.44. The fourth-order valence-electron chi connectivity index (χ4n) is 2.28. The van der Waals surface area contributed by atoms with Gasteiger partial charge in [-0.15, -0.1) is 0 Å². The van der Waals surface area contributed by atoms with Gasteiger partial charge in [0.1, 0.15) is 17.5 Å². The van der Waals surface area contributed by atoms with Crippen molar-refractivity contribution in [2.24, 2.45) is 5.92 Å². The second kappa shape index (κ2) is 9.12. The van der Waals surface area contributed by atoms with Gasteiger partial charge in [-0.2, -0.15) is 0 Å². The van der Waals surface area contributed by atoms with Crippen molar-refractivity contribution in [1.29, 1.82) is 0 Å². The van der Waals surface area contributed by atoms with E-state index in [4.69, 9.17) is 14.6 Å². The quantitative estimate of drug-likeness (QED) is 0.633. The first kappa shape index (κ1) is 19.8. The molecule has 2 atom stereocenters. The molecule has 7 nitrogen and oxygen atoms in total. The van der Waals surface area contributed by atoms with E-state index >= 15 is 0 Å². The predicted molar refractivity (Wildman–Crippen MR) is 88.1 cm³/mol. The SMILES string of the molecule is COc1ccc(C(O)CCC(=O)NC(C(=O)O)C(C)C)c(OC)c1. The van der Waals surface area contributed by atoms with E-state index in [1.165, 1.54) is 14.2 Å². The van der Waals surface area contributed by atoms with Gasteiger partial charge in [0.05, 0.1) is 20.3 Å². The first-order chi connectivity index (χ1) is 11.3. The molecular weight excluding hydrogens is 314 g/mol. The number of aliphatic hydroxyl groups excluding tert-OH is 1. The zero-order valence-corrected chi connectivity index (χ0v) is 14.4. The monoisotopic (exact) mass is 339 g/mol. The summed E-state index contributed by atoms with van der Waals surface area (Å²) in [6.45, 7) is 3.44. The Hall–Kier alpha value is -2.28. The van der Waals surface area contributed by atoms with Gasteiger partial charge in [-0.3, -0.25) is 4.79 Å². The van der Waals surface area contributed by atoms with Crippen molar-refractivity contribution < 1.29 is 29.3 Å². The van der Waals surface area contributed by atoms with Crippen molar-refractivity contribution in [2.45, 2.75) is 38.8 Å². The van der Waals surface area contributed by atoms with Crippen molar-refractivity contribution in [2.75, 3.05) is 14.2 Å². The van der Waals surface area contributed by atoms with E-state index in [2.05, 4.69) is 5.32 Å². The Morgan fingerprint density at radius 2 is 1.88 bits per heavy atom. The molecule has 0 saturated heterocycles. The zero-order valence-electron chi connectivity index (χ0n) is 14.4. The number of ether oxygens (including phenoxy) is 2. The maximum Gasteiger partial charge on any atom is 0.326 e. The summed E-state index contributed by atoms with van der Waals surface area (Å²) in [6.07, 6.45) is -0.745. The van der Waals surface area contributed by atoms with Gasteiger partial charge in [-0.05, 0) is 24.5 Å². The van der Waals surface area contributed by atoms with E-state index in [1.807, 2.05) is 0 Å². The largest absolute Gasteiger partial charge is 0.497 e. The third-order valence-corrected chi connectivity index (χ3v) is 3.69. The number of hydrogen-bond acceptors (Lipinski definition) is 5. The van der Waals surface area contributed by atoms with Gasteiger partial charge in [0.15, 0.2) is 0 Å². The molecule has 134 valence electrons. The molecule has 0 saturated carbocycles. The highest BCUT2D eigenvalue weighted by Crippen LogP contribution is 2.31. The third-order valence-electron chi connectivity index (χ3n) is 3.69. The fourth-order valence-corrected chi connectivity index (χ4v) is 2.28. The van der Waals surface area contributed by atoms with E-state index in [0.717, 1.165) is 0 Å². The summed E-state index contributed by atoms with van der Waals surface area (Å²) in [7, 11) is 3.01. The lowest BCUT2D eigenvalue weighted by Gasteiger charge is -2.19. The average Bonchev–Trinajstić information content (AvgIpc) is 2.56. The average molecular weight is 339 g/mol. The Bertz CT molecular complexity index is 572. The number of carboxylic acid groups (broad SMARTS) is 1.